The minimum atomic E-state index is -0.624. The molecule has 5 heteroatoms. The molecule has 0 radical (unpaired) electrons. The zero-order valence-corrected chi connectivity index (χ0v) is 11.9. The zero-order chi connectivity index (χ0) is 14.5. The molecule has 1 aromatic rings. The van der Waals surface area contributed by atoms with Crippen molar-refractivity contribution in [3.8, 4) is 0 Å². The molecule has 2 N–H and O–H groups in total. The lowest BCUT2D eigenvalue weighted by Gasteiger charge is -2.24. The summed E-state index contributed by atoms with van der Waals surface area (Å²) in [5.74, 6) is -0.621. The predicted octanol–water partition coefficient (Wildman–Crippen LogP) is 2.95. The summed E-state index contributed by atoms with van der Waals surface area (Å²) >= 11 is 6.43. The third-order valence-corrected chi connectivity index (χ3v) is 3.49. The van der Waals surface area contributed by atoms with Crippen LogP contribution in [0.1, 0.15) is 31.7 Å². The molecule has 0 saturated carbocycles. The highest BCUT2D eigenvalue weighted by atomic mass is 35.5. The van der Waals surface area contributed by atoms with E-state index in [1.807, 2.05) is 6.92 Å². The van der Waals surface area contributed by atoms with E-state index >= 15 is 0 Å². The Balaban J connectivity index is 2.55. The van der Waals surface area contributed by atoms with Gasteiger partial charge in [-0.25, -0.2) is 4.39 Å². The second-order valence-electron chi connectivity index (χ2n) is 4.78. The number of halogens is 2. The number of nitrogens with two attached hydrogens (primary N) is 1. The number of hydrogen-bond acceptors (Lipinski definition) is 3. The van der Waals surface area contributed by atoms with Gasteiger partial charge in [0, 0.05) is 6.04 Å². The first-order chi connectivity index (χ1) is 8.85. The molecule has 0 aliphatic rings. The van der Waals surface area contributed by atoms with Gasteiger partial charge < -0.3 is 10.5 Å². The van der Waals surface area contributed by atoms with E-state index in [1.165, 1.54) is 19.2 Å². The Bertz CT molecular complexity index is 420. The van der Waals surface area contributed by atoms with Gasteiger partial charge in [-0.15, -0.1) is 11.6 Å². The van der Waals surface area contributed by atoms with Crippen molar-refractivity contribution in [1.82, 2.24) is 0 Å². The van der Waals surface area contributed by atoms with Crippen LogP contribution in [0.25, 0.3) is 0 Å². The SMILES string of the molecule is COC(=O)CC(N)CCC(C)(Cl)c1ccc(F)cc1. The van der Waals surface area contributed by atoms with Crippen LogP contribution < -0.4 is 5.73 Å². The molecule has 0 spiro atoms. The van der Waals surface area contributed by atoms with E-state index in [0.717, 1.165) is 5.56 Å². The third-order valence-electron chi connectivity index (χ3n) is 3.09. The minimum absolute atomic E-state index is 0.173. The molecule has 0 aliphatic heterocycles. The van der Waals surface area contributed by atoms with Crippen molar-refractivity contribution in [3.05, 3.63) is 35.6 Å². The second-order valence-corrected chi connectivity index (χ2v) is 5.62. The predicted molar refractivity (Wildman–Crippen MR) is 73.4 cm³/mol. The molecule has 3 nitrogen and oxygen atoms in total. The lowest BCUT2D eigenvalue weighted by atomic mass is 9.92. The van der Waals surface area contributed by atoms with Crippen LogP contribution in [0.2, 0.25) is 0 Å². The topological polar surface area (TPSA) is 52.3 Å². The fraction of sp³-hybridized carbons (Fsp3) is 0.500. The molecular formula is C14H19ClFNO2. The summed E-state index contributed by atoms with van der Waals surface area (Å²) < 4.78 is 17.4. The lowest BCUT2D eigenvalue weighted by molar-refractivity contribution is -0.141. The largest absolute Gasteiger partial charge is 0.469 e. The van der Waals surface area contributed by atoms with Crippen molar-refractivity contribution in [3.63, 3.8) is 0 Å². The van der Waals surface area contributed by atoms with Crippen molar-refractivity contribution in [2.75, 3.05) is 7.11 Å². The summed E-state index contributed by atoms with van der Waals surface area (Å²) in [4.78, 5) is 10.5. The van der Waals surface area contributed by atoms with Gasteiger partial charge in [0.1, 0.15) is 5.82 Å². The average Bonchev–Trinajstić information content (AvgIpc) is 2.37. The molecular weight excluding hydrogens is 269 g/mol. The average molecular weight is 288 g/mol. The van der Waals surface area contributed by atoms with Crippen molar-refractivity contribution in [1.29, 1.82) is 0 Å². The third kappa shape index (κ3) is 5.17. The van der Waals surface area contributed by atoms with Gasteiger partial charge in [0.2, 0.25) is 0 Å². The summed E-state index contributed by atoms with van der Waals surface area (Å²) in [6, 6.07) is 5.79. The zero-order valence-electron chi connectivity index (χ0n) is 11.2. The Morgan fingerprint density at radius 3 is 2.58 bits per heavy atom. The number of alkyl halides is 1. The van der Waals surface area contributed by atoms with Crippen molar-refractivity contribution in [2.24, 2.45) is 5.73 Å². The Kier molecular flexibility index (Phi) is 5.76. The van der Waals surface area contributed by atoms with E-state index < -0.39 is 4.87 Å². The van der Waals surface area contributed by atoms with Gasteiger partial charge in [-0.2, -0.15) is 0 Å². The van der Waals surface area contributed by atoms with Crippen LogP contribution in [0.3, 0.4) is 0 Å². The molecule has 1 aromatic carbocycles. The van der Waals surface area contributed by atoms with Crippen LogP contribution in [0.15, 0.2) is 24.3 Å². The van der Waals surface area contributed by atoms with Gasteiger partial charge in [0.05, 0.1) is 18.4 Å². The van der Waals surface area contributed by atoms with Crippen molar-refractivity contribution in [2.45, 2.75) is 37.1 Å². The summed E-state index contributed by atoms with van der Waals surface area (Å²) in [6.07, 6.45) is 1.36. The van der Waals surface area contributed by atoms with E-state index in [9.17, 15) is 9.18 Å². The summed E-state index contributed by atoms with van der Waals surface area (Å²) in [6.45, 7) is 1.85. The molecule has 0 heterocycles. The maximum atomic E-state index is 12.9. The smallest absolute Gasteiger partial charge is 0.307 e. The lowest BCUT2D eigenvalue weighted by Crippen LogP contribution is -2.27. The quantitative estimate of drug-likeness (QED) is 0.646. The first-order valence-electron chi connectivity index (χ1n) is 6.12. The van der Waals surface area contributed by atoms with Crippen LogP contribution in [0.5, 0.6) is 0 Å². The molecule has 0 aromatic heterocycles. The normalized spacial score (nSPS) is 15.6. The number of methoxy groups -OCH3 is 1. The van der Waals surface area contributed by atoms with E-state index in [4.69, 9.17) is 17.3 Å². The standard InChI is InChI=1S/C14H19ClFNO2/c1-14(15,10-3-5-11(16)6-4-10)8-7-12(17)9-13(18)19-2/h3-6,12H,7-9,17H2,1-2H3. The highest BCUT2D eigenvalue weighted by Gasteiger charge is 2.24. The molecule has 19 heavy (non-hydrogen) atoms. The Labute approximate surface area is 117 Å². The van der Waals surface area contributed by atoms with Gasteiger partial charge in [0.25, 0.3) is 0 Å². The monoisotopic (exact) mass is 287 g/mol. The molecule has 2 atom stereocenters. The van der Waals surface area contributed by atoms with Crippen molar-refractivity contribution >= 4 is 17.6 Å². The molecule has 0 aliphatic carbocycles. The first-order valence-corrected chi connectivity index (χ1v) is 6.50. The number of carbonyl (C=O) groups is 1. The number of esters is 1. The molecule has 1 rings (SSSR count). The number of ether oxygens (including phenoxy) is 1. The van der Waals surface area contributed by atoms with E-state index in [2.05, 4.69) is 4.74 Å². The van der Waals surface area contributed by atoms with Crippen LogP contribution in [0.4, 0.5) is 4.39 Å². The minimum Gasteiger partial charge on any atom is -0.469 e. The van der Waals surface area contributed by atoms with E-state index in [0.29, 0.717) is 12.8 Å². The molecule has 0 fully saturated rings. The van der Waals surface area contributed by atoms with Crippen LogP contribution in [-0.4, -0.2) is 19.1 Å². The summed E-state index contributed by atoms with van der Waals surface area (Å²) in [5.41, 5.74) is 6.67. The van der Waals surface area contributed by atoms with Gasteiger partial charge in [0.15, 0.2) is 0 Å². The molecule has 106 valence electrons. The Morgan fingerprint density at radius 2 is 2.05 bits per heavy atom. The van der Waals surface area contributed by atoms with E-state index in [-0.39, 0.29) is 24.2 Å². The fourth-order valence-electron chi connectivity index (χ4n) is 1.80. The summed E-state index contributed by atoms with van der Waals surface area (Å²) in [5, 5.41) is 0. The summed E-state index contributed by atoms with van der Waals surface area (Å²) in [7, 11) is 1.33. The molecule has 0 saturated heterocycles. The van der Waals surface area contributed by atoms with Crippen LogP contribution in [-0.2, 0) is 14.4 Å². The van der Waals surface area contributed by atoms with Crippen molar-refractivity contribution < 1.29 is 13.9 Å². The van der Waals surface area contributed by atoms with Gasteiger partial charge in [-0.1, -0.05) is 12.1 Å². The van der Waals surface area contributed by atoms with E-state index in [1.54, 1.807) is 12.1 Å². The number of hydrogen-bond donors (Lipinski definition) is 1. The van der Waals surface area contributed by atoms with Gasteiger partial charge in [-0.05, 0) is 37.5 Å². The molecule has 0 amide bonds. The first kappa shape index (κ1) is 15.9. The number of benzene rings is 1. The van der Waals surface area contributed by atoms with Crippen LogP contribution >= 0.6 is 11.6 Å². The maximum Gasteiger partial charge on any atom is 0.307 e. The second kappa shape index (κ2) is 6.87. The highest BCUT2D eigenvalue weighted by molar-refractivity contribution is 6.23. The van der Waals surface area contributed by atoms with Gasteiger partial charge >= 0.3 is 5.97 Å². The van der Waals surface area contributed by atoms with Gasteiger partial charge in [-0.3, -0.25) is 4.79 Å². The Hall–Kier alpha value is -1.13. The maximum absolute atomic E-state index is 12.9. The highest BCUT2D eigenvalue weighted by Crippen LogP contribution is 2.34. The molecule has 2 unspecified atom stereocenters. The number of rotatable bonds is 6. The van der Waals surface area contributed by atoms with Crippen LogP contribution in [0, 0.1) is 5.82 Å². The number of carbonyl (C=O) groups excluding carboxylic acids is 1. The molecule has 0 bridgehead atoms. The fourth-order valence-corrected chi connectivity index (χ4v) is 2.03. The Morgan fingerprint density at radius 1 is 1.47 bits per heavy atom.